The number of pyridine rings is 1. The van der Waals surface area contributed by atoms with Crippen LogP contribution in [0.5, 0.6) is 0 Å². The quantitative estimate of drug-likeness (QED) is 0.339. The Morgan fingerprint density at radius 2 is 1.92 bits per heavy atom. The highest BCUT2D eigenvalue weighted by Gasteiger charge is 2.45. The number of amides is 2. The van der Waals surface area contributed by atoms with Gasteiger partial charge in [0.2, 0.25) is 11.8 Å². The second-order valence-electron chi connectivity index (χ2n) is 10.0. The van der Waals surface area contributed by atoms with E-state index in [9.17, 15) is 14.4 Å². The lowest BCUT2D eigenvalue weighted by Crippen LogP contribution is -2.47. The van der Waals surface area contributed by atoms with Crippen LogP contribution in [0.3, 0.4) is 0 Å². The van der Waals surface area contributed by atoms with E-state index < -0.39 is 5.41 Å². The molecule has 1 aliphatic rings. The van der Waals surface area contributed by atoms with Crippen molar-refractivity contribution in [2.45, 2.75) is 46.3 Å². The zero-order chi connectivity index (χ0) is 27.0. The Kier molecular flexibility index (Phi) is 6.93. The SMILES string of the molecule is CCN1C(=O)C(C)(C)C(=O)N(C)c2cc(CNC(CCn3ccc4occc4c3=O)c3cscn3)ccc21. The molecule has 0 fully saturated rings. The fourth-order valence-electron chi connectivity index (χ4n) is 5.00. The lowest BCUT2D eigenvalue weighted by Gasteiger charge is -2.27. The molecule has 0 bridgehead atoms. The first-order chi connectivity index (χ1) is 18.2. The monoisotopic (exact) mass is 533 g/mol. The molecule has 0 radical (unpaired) electrons. The van der Waals surface area contributed by atoms with Crippen molar-refractivity contribution in [2.24, 2.45) is 5.41 Å². The summed E-state index contributed by atoms with van der Waals surface area (Å²) in [6, 6.07) is 9.27. The van der Waals surface area contributed by atoms with Crippen LogP contribution in [0.1, 0.15) is 44.5 Å². The van der Waals surface area contributed by atoms with Gasteiger partial charge in [-0.1, -0.05) is 6.07 Å². The smallest absolute Gasteiger partial charge is 0.261 e. The summed E-state index contributed by atoms with van der Waals surface area (Å²) in [7, 11) is 1.72. The predicted molar refractivity (Wildman–Crippen MR) is 148 cm³/mol. The van der Waals surface area contributed by atoms with Gasteiger partial charge >= 0.3 is 0 Å². The Bertz CT molecular complexity index is 1540. The number of aryl methyl sites for hydroxylation is 1. The first-order valence-electron chi connectivity index (χ1n) is 12.6. The zero-order valence-electron chi connectivity index (χ0n) is 21.9. The van der Waals surface area contributed by atoms with E-state index in [0.717, 1.165) is 16.9 Å². The van der Waals surface area contributed by atoms with Gasteiger partial charge in [-0.3, -0.25) is 14.4 Å². The third-order valence-corrected chi connectivity index (χ3v) is 7.84. The van der Waals surface area contributed by atoms with E-state index in [4.69, 9.17) is 4.42 Å². The molecule has 198 valence electrons. The minimum Gasteiger partial charge on any atom is -0.464 e. The van der Waals surface area contributed by atoms with Crippen LogP contribution in [0.25, 0.3) is 11.0 Å². The number of benzene rings is 1. The van der Waals surface area contributed by atoms with Gasteiger partial charge in [-0.15, -0.1) is 11.3 Å². The van der Waals surface area contributed by atoms with Crippen molar-refractivity contribution >= 4 is 45.5 Å². The number of nitrogens with one attached hydrogen (secondary N) is 1. The number of rotatable bonds is 8. The molecule has 0 spiro atoms. The normalized spacial score (nSPS) is 16.1. The summed E-state index contributed by atoms with van der Waals surface area (Å²) in [5.74, 6) is -0.431. The number of anilines is 2. The fraction of sp³-hybridized carbons (Fsp3) is 0.357. The summed E-state index contributed by atoms with van der Waals surface area (Å²) < 4.78 is 7.03. The molecule has 10 heteroatoms. The van der Waals surface area contributed by atoms with Crippen molar-refractivity contribution in [3.8, 4) is 0 Å². The van der Waals surface area contributed by atoms with Gasteiger partial charge in [-0.25, -0.2) is 4.98 Å². The third-order valence-electron chi connectivity index (χ3n) is 7.24. The standard InChI is InChI=1S/C28H31N5O4S/c1-5-33-22-7-6-18(14-23(22)31(4)26(35)28(2,3)27(33)36)15-29-20(21-16-38-17-30-21)8-11-32-12-9-24-19(25(32)34)10-13-37-24/h6-7,9-10,12-14,16-17,20,29H,5,8,11,15H2,1-4H3. The number of carbonyl (C=O) groups is 2. The highest BCUT2D eigenvalue weighted by molar-refractivity contribution is 7.07. The molecule has 2 amide bonds. The van der Waals surface area contributed by atoms with Crippen molar-refractivity contribution in [1.29, 1.82) is 0 Å². The predicted octanol–water partition coefficient (Wildman–Crippen LogP) is 4.33. The van der Waals surface area contributed by atoms with Crippen LogP contribution in [0, 0.1) is 5.41 Å². The second kappa shape index (κ2) is 10.2. The van der Waals surface area contributed by atoms with Crippen LogP contribution >= 0.6 is 11.3 Å². The number of hydrogen-bond acceptors (Lipinski definition) is 7. The van der Waals surface area contributed by atoms with Crippen LogP contribution < -0.4 is 20.7 Å². The Hall–Kier alpha value is -3.76. The van der Waals surface area contributed by atoms with Crippen LogP contribution in [-0.4, -0.2) is 35.0 Å². The minimum absolute atomic E-state index is 0.0790. The van der Waals surface area contributed by atoms with Crippen molar-refractivity contribution in [1.82, 2.24) is 14.9 Å². The number of furan rings is 1. The molecular weight excluding hydrogens is 502 g/mol. The van der Waals surface area contributed by atoms with Gasteiger partial charge in [-0.2, -0.15) is 0 Å². The van der Waals surface area contributed by atoms with Crippen molar-refractivity contribution in [2.75, 3.05) is 23.4 Å². The highest BCUT2D eigenvalue weighted by Crippen LogP contribution is 2.38. The number of fused-ring (bicyclic) bond motifs is 2. The van der Waals surface area contributed by atoms with E-state index in [1.54, 1.807) is 59.1 Å². The summed E-state index contributed by atoms with van der Waals surface area (Å²) >= 11 is 1.53. The molecule has 1 aliphatic heterocycles. The molecule has 1 atom stereocenters. The lowest BCUT2D eigenvalue weighted by atomic mass is 9.90. The fourth-order valence-corrected chi connectivity index (χ4v) is 5.61. The second-order valence-corrected chi connectivity index (χ2v) is 10.7. The van der Waals surface area contributed by atoms with Gasteiger partial charge in [-0.05, 0) is 57.0 Å². The number of nitrogens with zero attached hydrogens (tertiary/aromatic N) is 4. The Balaban J connectivity index is 1.37. The van der Waals surface area contributed by atoms with Gasteiger partial charge in [0.1, 0.15) is 11.0 Å². The Morgan fingerprint density at radius 3 is 2.66 bits per heavy atom. The summed E-state index contributed by atoms with van der Waals surface area (Å²) in [6.07, 6.45) is 3.94. The van der Waals surface area contributed by atoms with Crippen LogP contribution in [0.15, 0.2) is 62.9 Å². The first-order valence-corrected chi connectivity index (χ1v) is 13.6. The molecule has 0 aliphatic carbocycles. The van der Waals surface area contributed by atoms with Crippen molar-refractivity contribution in [3.63, 3.8) is 0 Å². The van der Waals surface area contributed by atoms with Crippen LogP contribution in [0.2, 0.25) is 0 Å². The van der Waals surface area contributed by atoms with E-state index in [2.05, 4.69) is 10.3 Å². The molecule has 1 unspecified atom stereocenters. The summed E-state index contributed by atoms with van der Waals surface area (Å²) in [6.45, 7) is 6.79. The summed E-state index contributed by atoms with van der Waals surface area (Å²) in [5, 5.41) is 6.16. The summed E-state index contributed by atoms with van der Waals surface area (Å²) in [4.78, 5) is 46.9. The van der Waals surface area contributed by atoms with E-state index in [-0.39, 0.29) is 23.4 Å². The van der Waals surface area contributed by atoms with Gasteiger partial charge in [0.05, 0.1) is 40.3 Å². The maximum absolute atomic E-state index is 13.2. The van der Waals surface area contributed by atoms with Crippen molar-refractivity contribution < 1.29 is 14.0 Å². The van der Waals surface area contributed by atoms with Gasteiger partial charge in [0.15, 0.2) is 0 Å². The molecule has 1 aromatic carbocycles. The van der Waals surface area contributed by atoms with Gasteiger partial charge in [0, 0.05) is 38.3 Å². The van der Waals surface area contributed by atoms with E-state index in [1.807, 2.05) is 30.5 Å². The molecule has 1 N–H and O–H groups in total. The van der Waals surface area contributed by atoms with Crippen LogP contribution in [-0.2, 0) is 22.7 Å². The largest absolute Gasteiger partial charge is 0.464 e. The molecule has 0 saturated carbocycles. The first kappa shape index (κ1) is 25.9. The number of carbonyl (C=O) groups excluding carboxylic acids is 2. The van der Waals surface area contributed by atoms with E-state index in [0.29, 0.717) is 42.7 Å². The molecule has 5 rings (SSSR count). The van der Waals surface area contributed by atoms with Gasteiger partial charge < -0.3 is 24.1 Å². The Labute approximate surface area is 224 Å². The zero-order valence-corrected chi connectivity index (χ0v) is 22.7. The third kappa shape index (κ3) is 4.54. The molecule has 38 heavy (non-hydrogen) atoms. The molecule has 3 aromatic heterocycles. The van der Waals surface area contributed by atoms with Gasteiger partial charge in [0.25, 0.3) is 5.56 Å². The molecule has 0 saturated heterocycles. The highest BCUT2D eigenvalue weighted by atomic mass is 32.1. The number of hydrogen-bond donors (Lipinski definition) is 1. The lowest BCUT2D eigenvalue weighted by molar-refractivity contribution is -0.137. The average molecular weight is 534 g/mol. The minimum atomic E-state index is -1.14. The number of aromatic nitrogens is 2. The molecular formula is C28H31N5O4S. The topological polar surface area (TPSA) is 101 Å². The maximum atomic E-state index is 13.2. The molecule has 4 heterocycles. The average Bonchev–Trinajstić information content (AvgIpc) is 3.61. The Morgan fingerprint density at radius 1 is 1.11 bits per heavy atom. The van der Waals surface area contributed by atoms with E-state index >= 15 is 0 Å². The van der Waals surface area contributed by atoms with Crippen molar-refractivity contribution in [3.05, 3.63) is 75.3 Å². The van der Waals surface area contributed by atoms with E-state index in [1.165, 1.54) is 17.6 Å². The molecule has 4 aromatic rings. The summed E-state index contributed by atoms with van der Waals surface area (Å²) in [5.41, 5.74) is 4.49. The molecule has 9 nitrogen and oxygen atoms in total. The van der Waals surface area contributed by atoms with Crippen LogP contribution in [0.4, 0.5) is 11.4 Å². The number of thiazole rings is 1. The maximum Gasteiger partial charge on any atom is 0.261 e.